The highest BCUT2D eigenvalue weighted by molar-refractivity contribution is 7.87. The van der Waals surface area contributed by atoms with Crippen molar-refractivity contribution in [3.63, 3.8) is 0 Å². The van der Waals surface area contributed by atoms with Gasteiger partial charge in [-0.3, -0.25) is 4.79 Å². The predicted octanol–water partition coefficient (Wildman–Crippen LogP) is 0.647. The number of ether oxygens (including phenoxy) is 1. The van der Waals surface area contributed by atoms with Crippen LogP contribution in [0, 0.1) is 0 Å². The molecule has 1 heterocycles. The quantitative estimate of drug-likeness (QED) is 0.769. The van der Waals surface area contributed by atoms with Crippen LogP contribution in [-0.2, 0) is 19.7 Å². The van der Waals surface area contributed by atoms with E-state index >= 15 is 0 Å². The van der Waals surface area contributed by atoms with E-state index < -0.39 is 27.8 Å². The molecular weight excluding hydrogens is 256 g/mol. The topological polar surface area (TPSA) is 75.7 Å². The van der Waals surface area contributed by atoms with E-state index in [-0.39, 0.29) is 0 Å². The van der Waals surface area contributed by atoms with Crippen LogP contribution >= 0.6 is 0 Å². The van der Waals surface area contributed by atoms with Gasteiger partial charge in [-0.1, -0.05) is 0 Å². The third-order valence-electron chi connectivity index (χ3n) is 2.67. The van der Waals surface area contributed by atoms with E-state index in [1.165, 1.54) is 11.4 Å². The van der Waals surface area contributed by atoms with E-state index in [1.807, 2.05) is 0 Å². The summed E-state index contributed by atoms with van der Waals surface area (Å²) in [5, 5.41) is 0. The molecule has 0 radical (unpaired) electrons. The smallest absolute Gasteiger partial charge is 0.324 e. The summed E-state index contributed by atoms with van der Waals surface area (Å²) in [7, 11) is -2.39. The maximum Gasteiger partial charge on any atom is 0.324 e. The Kier molecular flexibility index (Phi) is 4.74. The second kappa shape index (κ2) is 5.54. The zero-order valence-corrected chi connectivity index (χ0v) is 12.2. The Hall–Kier alpha value is -0.660. The molecule has 1 aliphatic rings. The van der Waals surface area contributed by atoms with Crippen LogP contribution in [0.4, 0.5) is 0 Å². The van der Waals surface area contributed by atoms with Crippen LogP contribution < -0.4 is 4.72 Å². The number of nitrogens with zero attached hydrogens (tertiary/aromatic N) is 1. The van der Waals surface area contributed by atoms with E-state index in [0.717, 1.165) is 12.8 Å². The molecule has 1 aliphatic heterocycles. The molecular formula is C11H22N2O4S. The van der Waals surface area contributed by atoms with E-state index in [4.69, 9.17) is 0 Å². The van der Waals surface area contributed by atoms with Crippen LogP contribution in [0.2, 0.25) is 0 Å². The Morgan fingerprint density at radius 1 is 1.33 bits per heavy atom. The molecule has 106 valence electrons. The third-order valence-corrected chi connectivity index (χ3v) is 4.60. The molecule has 1 rings (SSSR count). The largest absolute Gasteiger partial charge is 0.468 e. The van der Waals surface area contributed by atoms with Gasteiger partial charge in [-0.05, 0) is 40.0 Å². The zero-order valence-electron chi connectivity index (χ0n) is 11.4. The first kappa shape index (κ1) is 15.4. The fourth-order valence-corrected chi connectivity index (χ4v) is 3.80. The molecule has 0 amide bonds. The van der Waals surface area contributed by atoms with Crippen LogP contribution in [-0.4, -0.2) is 43.9 Å². The molecule has 1 fully saturated rings. The summed E-state index contributed by atoms with van der Waals surface area (Å²) in [4.78, 5) is 11.6. The number of methoxy groups -OCH3 is 1. The summed E-state index contributed by atoms with van der Waals surface area (Å²) in [5.74, 6) is -0.492. The minimum atomic E-state index is -3.66. The highest BCUT2D eigenvalue weighted by Crippen LogP contribution is 2.21. The van der Waals surface area contributed by atoms with Crippen molar-refractivity contribution in [3.05, 3.63) is 0 Å². The van der Waals surface area contributed by atoms with Gasteiger partial charge in [0.15, 0.2) is 0 Å². The second-order valence-electron chi connectivity index (χ2n) is 5.50. The number of carbonyl (C=O) groups excluding carboxylic acids is 1. The Labute approximate surface area is 109 Å². The molecule has 1 atom stereocenters. The van der Waals surface area contributed by atoms with Gasteiger partial charge in [0.25, 0.3) is 10.2 Å². The van der Waals surface area contributed by atoms with Crippen LogP contribution in [0.25, 0.3) is 0 Å². The summed E-state index contributed by atoms with van der Waals surface area (Å²) in [6.45, 7) is 5.65. The monoisotopic (exact) mass is 278 g/mol. The number of carbonyl (C=O) groups is 1. The molecule has 1 unspecified atom stereocenters. The van der Waals surface area contributed by atoms with E-state index in [2.05, 4.69) is 9.46 Å². The van der Waals surface area contributed by atoms with Crippen LogP contribution in [0.5, 0.6) is 0 Å². The molecule has 0 aromatic rings. The number of hydrogen-bond acceptors (Lipinski definition) is 4. The van der Waals surface area contributed by atoms with Gasteiger partial charge in [0.2, 0.25) is 0 Å². The van der Waals surface area contributed by atoms with Gasteiger partial charge < -0.3 is 4.74 Å². The highest BCUT2D eigenvalue weighted by Gasteiger charge is 2.38. The number of hydrogen-bond donors (Lipinski definition) is 1. The summed E-state index contributed by atoms with van der Waals surface area (Å²) in [5.41, 5.74) is -0.572. The number of esters is 1. The van der Waals surface area contributed by atoms with Crippen molar-refractivity contribution in [2.24, 2.45) is 0 Å². The van der Waals surface area contributed by atoms with Gasteiger partial charge in [0, 0.05) is 12.1 Å². The average molecular weight is 278 g/mol. The summed E-state index contributed by atoms with van der Waals surface area (Å²) in [6, 6.07) is -0.705. The van der Waals surface area contributed by atoms with Crippen molar-refractivity contribution >= 4 is 16.2 Å². The van der Waals surface area contributed by atoms with Gasteiger partial charge in [-0.25, -0.2) is 0 Å². The van der Waals surface area contributed by atoms with Gasteiger partial charge in [-0.15, -0.1) is 0 Å². The fraction of sp³-hybridized carbons (Fsp3) is 0.909. The first-order chi connectivity index (χ1) is 8.17. The van der Waals surface area contributed by atoms with Gasteiger partial charge in [0.05, 0.1) is 7.11 Å². The molecule has 7 heteroatoms. The Bertz CT molecular complexity index is 400. The van der Waals surface area contributed by atoms with Crippen molar-refractivity contribution in [3.8, 4) is 0 Å². The lowest BCUT2D eigenvalue weighted by atomic mass is 10.1. The minimum Gasteiger partial charge on any atom is -0.468 e. The maximum absolute atomic E-state index is 12.2. The summed E-state index contributed by atoms with van der Waals surface area (Å²) >= 11 is 0. The van der Waals surface area contributed by atoms with Crippen molar-refractivity contribution in [2.75, 3.05) is 13.7 Å². The van der Waals surface area contributed by atoms with Crippen LogP contribution in [0.1, 0.15) is 40.0 Å². The molecule has 1 N–H and O–H groups in total. The summed E-state index contributed by atoms with van der Waals surface area (Å²) < 4.78 is 32.9. The standard InChI is InChI=1S/C11H22N2O4S/c1-11(2,3)12-18(15,16)13-8-6-5-7-9(13)10(14)17-4/h9,12H,5-8H2,1-4H3. The Morgan fingerprint density at radius 3 is 2.44 bits per heavy atom. The van der Waals surface area contributed by atoms with E-state index in [9.17, 15) is 13.2 Å². The minimum absolute atomic E-state index is 0.352. The van der Waals surface area contributed by atoms with Crippen molar-refractivity contribution in [1.82, 2.24) is 9.03 Å². The number of nitrogens with one attached hydrogen (secondary N) is 1. The van der Waals surface area contributed by atoms with Crippen molar-refractivity contribution in [2.45, 2.75) is 51.6 Å². The molecule has 18 heavy (non-hydrogen) atoms. The van der Waals surface area contributed by atoms with Crippen molar-refractivity contribution < 1.29 is 17.9 Å². The first-order valence-corrected chi connectivity index (χ1v) is 7.50. The lowest BCUT2D eigenvalue weighted by Gasteiger charge is -2.34. The van der Waals surface area contributed by atoms with E-state index in [0.29, 0.717) is 13.0 Å². The second-order valence-corrected chi connectivity index (χ2v) is 7.13. The molecule has 0 bridgehead atoms. The molecule has 0 saturated carbocycles. The lowest BCUT2D eigenvalue weighted by Crippen LogP contribution is -2.56. The fourth-order valence-electron chi connectivity index (χ4n) is 2.01. The normalized spacial score (nSPS) is 22.8. The Balaban J connectivity index is 2.93. The van der Waals surface area contributed by atoms with E-state index in [1.54, 1.807) is 20.8 Å². The molecule has 6 nitrogen and oxygen atoms in total. The molecule has 0 aromatic heterocycles. The maximum atomic E-state index is 12.2. The first-order valence-electron chi connectivity index (χ1n) is 6.06. The molecule has 0 aliphatic carbocycles. The number of rotatable bonds is 3. The molecule has 0 aromatic carbocycles. The van der Waals surface area contributed by atoms with Crippen molar-refractivity contribution in [1.29, 1.82) is 0 Å². The lowest BCUT2D eigenvalue weighted by molar-refractivity contribution is -0.146. The van der Waals surface area contributed by atoms with Gasteiger partial charge in [-0.2, -0.15) is 17.4 Å². The average Bonchev–Trinajstić information content (AvgIpc) is 2.25. The highest BCUT2D eigenvalue weighted by atomic mass is 32.2. The van der Waals surface area contributed by atoms with Gasteiger partial charge in [0.1, 0.15) is 6.04 Å². The SMILES string of the molecule is COC(=O)C1CCCCN1S(=O)(=O)NC(C)(C)C. The van der Waals surface area contributed by atoms with Gasteiger partial charge >= 0.3 is 5.97 Å². The summed E-state index contributed by atoms with van der Waals surface area (Å²) in [6.07, 6.45) is 2.11. The Morgan fingerprint density at radius 2 is 1.94 bits per heavy atom. The van der Waals surface area contributed by atoms with Crippen LogP contribution in [0.15, 0.2) is 0 Å². The zero-order chi connectivity index (χ0) is 14.0. The molecule has 1 saturated heterocycles. The third kappa shape index (κ3) is 3.93. The van der Waals surface area contributed by atoms with Crippen LogP contribution in [0.3, 0.4) is 0 Å². The molecule has 0 spiro atoms. The predicted molar refractivity (Wildman–Crippen MR) is 68.2 cm³/mol. The number of piperidine rings is 1.